The van der Waals surface area contributed by atoms with Crippen molar-refractivity contribution < 1.29 is 14.3 Å². The molecule has 0 spiro atoms. The number of ketones is 2. The van der Waals surface area contributed by atoms with Crippen LogP contribution in [0.2, 0.25) is 0 Å². The number of carbonyl (C=O) groups excluding carboxylic acids is 2. The molecular weight excluding hydrogens is 359 g/mol. The van der Waals surface area contributed by atoms with Crippen LogP contribution >= 0.6 is 58.0 Å². The number of hydrogen-bond acceptors (Lipinski definition) is 4. The zero-order chi connectivity index (χ0) is 14.4. The second-order valence-electron chi connectivity index (χ2n) is 4.37. The van der Waals surface area contributed by atoms with Crippen LogP contribution in [0.5, 0.6) is 0 Å². The number of morpholine rings is 1. The Bertz CT molecular complexity index is 408. The quantitative estimate of drug-likeness (QED) is 0.661. The molecule has 4 nitrogen and oxygen atoms in total. The summed E-state index contributed by atoms with van der Waals surface area (Å²) >= 11 is 29.5. The minimum atomic E-state index is -2.25. The van der Waals surface area contributed by atoms with Crippen molar-refractivity contribution in [1.29, 1.82) is 0 Å². The summed E-state index contributed by atoms with van der Waals surface area (Å²) in [7, 11) is 0. The number of nitrogens with zero attached hydrogens (tertiary/aromatic N) is 1. The Balaban J connectivity index is 2.34. The maximum atomic E-state index is 12.4. The Labute approximate surface area is 135 Å². The van der Waals surface area contributed by atoms with E-state index in [1.165, 1.54) is 0 Å². The third-order valence-corrected chi connectivity index (χ3v) is 5.95. The smallest absolute Gasteiger partial charge is 0.217 e. The van der Waals surface area contributed by atoms with Crippen LogP contribution in [0.25, 0.3) is 0 Å². The lowest BCUT2D eigenvalue weighted by Gasteiger charge is -2.45. The highest BCUT2D eigenvalue weighted by atomic mass is 35.5. The Morgan fingerprint density at radius 2 is 1.47 bits per heavy atom. The van der Waals surface area contributed by atoms with E-state index in [1.54, 1.807) is 4.90 Å². The van der Waals surface area contributed by atoms with Crippen molar-refractivity contribution >= 4 is 69.6 Å². The van der Waals surface area contributed by atoms with Crippen molar-refractivity contribution in [3.63, 3.8) is 0 Å². The number of carbonyl (C=O) groups is 2. The standard InChI is InChI=1S/C10H10Cl5NO3/c11-5-6(16-1-3-19-4-2-16)8(18)10(14,15)9(12,13)7(5)17/h5-6H,1-4H2/t5-,6-/m1/s1. The predicted molar refractivity (Wildman–Crippen MR) is 74.7 cm³/mol. The van der Waals surface area contributed by atoms with Gasteiger partial charge in [0.15, 0.2) is 11.6 Å². The largest absolute Gasteiger partial charge is 0.379 e. The number of hydrogen-bond donors (Lipinski definition) is 0. The van der Waals surface area contributed by atoms with Crippen LogP contribution in [0.3, 0.4) is 0 Å². The van der Waals surface area contributed by atoms with Crippen molar-refractivity contribution in [2.75, 3.05) is 26.3 Å². The van der Waals surface area contributed by atoms with E-state index in [9.17, 15) is 9.59 Å². The van der Waals surface area contributed by atoms with Gasteiger partial charge in [-0.15, -0.1) is 11.6 Å². The summed E-state index contributed by atoms with van der Waals surface area (Å²) in [5, 5.41) is -1.19. The summed E-state index contributed by atoms with van der Waals surface area (Å²) in [5.41, 5.74) is 0. The normalized spacial score (nSPS) is 35.4. The Kier molecular flexibility index (Phi) is 4.64. The van der Waals surface area contributed by atoms with E-state index in [-0.39, 0.29) is 0 Å². The average Bonchev–Trinajstić information content (AvgIpc) is 2.37. The third-order valence-electron chi connectivity index (χ3n) is 3.25. The van der Waals surface area contributed by atoms with Gasteiger partial charge in [-0.3, -0.25) is 14.5 Å². The van der Waals surface area contributed by atoms with Crippen molar-refractivity contribution in [2.45, 2.75) is 20.1 Å². The molecule has 108 valence electrons. The van der Waals surface area contributed by atoms with E-state index < -0.39 is 31.7 Å². The van der Waals surface area contributed by atoms with Gasteiger partial charge in [-0.2, -0.15) is 0 Å². The molecule has 0 aromatic heterocycles. The van der Waals surface area contributed by atoms with Crippen LogP contribution in [-0.4, -0.2) is 62.9 Å². The first-order chi connectivity index (χ1) is 8.71. The zero-order valence-electron chi connectivity index (χ0n) is 9.54. The maximum Gasteiger partial charge on any atom is 0.217 e. The van der Waals surface area contributed by atoms with Gasteiger partial charge in [0.2, 0.25) is 8.67 Å². The summed E-state index contributed by atoms with van der Waals surface area (Å²) in [6.07, 6.45) is 0. The first-order valence-corrected chi connectivity index (χ1v) is 7.46. The van der Waals surface area contributed by atoms with Crippen LogP contribution < -0.4 is 0 Å². The number of halogens is 5. The molecule has 0 aromatic rings. The van der Waals surface area contributed by atoms with Gasteiger partial charge in [-0.1, -0.05) is 46.4 Å². The van der Waals surface area contributed by atoms with E-state index >= 15 is 0 Å². The van der Waals surface area contributed by atoms with Gasteiger partial charge in [-0.05, 0) is 0 Å². The van der Waals surface area contributed by atoms with Crippen molar-refractivity contribution in [1.82, 2.24) is 4.90 Å². The molecule has 1 aliphatic carbocycles. The number of rotatable bonds is 1. The number of Topliss-reactive ketones (excluding diaryl/α,β-unsaturated/α-hetero) is 2. The second kappa shape index (κ2) is 5.48. The second-order valence-corrected chi connectivity index (χ2v) is 7.50. The van der Waals surface area contributed by atoms with Gasteiger partial charge in [0.1, 0.15) is 5.38 Å². The molecule has 2 aliphatic rings. The molecule has 19 heavy (non-hydrogen) atoms. The molecule has 2 rings (SSSR count). The highest BCUT2D eigenvalue weighted by molar-refractivity contribution is 6.76. The van der Waals surface area contributed by atoms with E-state index in [0.29, 0.717) is 26.3 Å². The lowest BCUT2D eigenvalue weighted by atomic mass is 9.89. The Hall–Kier alpha value is 0.710. The van der Waals surface area contributed by atoms with Gasteiger partial charge in [0.25, 0.3) is 0 Å². The van der Waals surface area contributed by atoms with Gasteiger partial charge in [-0.25, -0.2) is 0 Å². The molecule has 0 N–H and O–H groups in total. The Morgan fingerprint density at radius 3 is 2.00 bits per heavy atom. The summed E-state index contributed by atoms with van der Waals surface area (Å²) in [4.78, 5) is 26.2. The maximum absolute atomic E-state index is 12.4. The first-order valence-electron chi connectivity index (χ1n) is 5.51. The molecule has 1 saturated carbocycles. The van der Waals surface area contributed by atoms with Crippen molar-refractivity contribution in [3.8, 4) is 0 Å². The average molecular weight is 369 g/mol. The van der Waals surface area contributed by atoms with Crippen LogP contribution in [-0.2, 0) is 14.3 Å². The van der Waals surface area contributed by atoms with E-state index in [0.717, 1.165) is 0 Å². The molecule has 0 radical (unpaired) electrons. The van der Waals surface area contributed by atoms with Crippen LogP contribution in [0, 0.1) is 0 Å². The lowest BCUT2D eigenvalue weighted by molar-refractivity contribution is -0.136. The highest BCUT2D eigenvalue weighted by Gasteiger charge is 2.67. The number of alkyl halides is 5. The third kappa shape index (κ3) is 2.50. The van der Waals surface area contributed by atoms with Crippen molar-refractivity contribution in [3.05, 3.63) is 0 Å². The van der Waals surface area contributed by atoms with E-state index in [2.05, 4.69) is 0 Å². The fraction of sp³-hybridized carbons (Fsp3) is 0.800. The van der Waals surface area contributed by atoms with E-state index in [4.69, 9.17) is 62.7 Å². The summed E-state index contributed by atoms with van der Waals surface area (Å²) in [6.45, 7) is 1.78. The predicted octanol–water partition coefficient (Wildman–Crippen LogP) is 1.79. The fourth-order valence-corrected chi connectivity index (χ4v) is 3.53. The molecule has 1 aliphatic heterocycles. The molecule has 0 amide bonds. The SMILES string of the molecule is O=C1[C@H](Cl)[C@@H](N2CCOCC2)C(=O)C(Cl)(Cl)C1(Cl)Cl. The van der Waals surface area contributed by atoms with Gasteiger partial charge in [0.05, 0.1) is 19.3 Å². The van der Waals surface area contributed by atoms with Crippen LogP contribution in [0.4, 0.5) is 0 Å². The molecule has 0 bridgehead atoms. The molecular formula is C10H10Cl5NO3. The fourth-order valence-electron chi connectivity index (χ4n) is 2.15. The summed E-state index contributed by atoms with van der Waals surface area (Å²) in [6, 6.07) is -0.946. The molecule has 2 atom stereocenters. The monoisotopic (exact) mass is 367 g/mol. The summed E-state index contributed by atoms with van der Waals surface area (Å²) < 4.78 is 0.713. The molecule has 0 unspecified atom stereocenters. The van der Waals surface area contributed by atoms with Gasteiger partial charge in [0, 0.05) is 13.1 Å². The lowest BCUT2D eigenvalue weighted by Crippen LogP contribution is -2.68. The minimum Gasteiger partial charge on any atom is -0.379 e. The van der Waals surface area contributed by atoms with Crippen molar-refractivity contribution in [2.24, 2.45) is 0 Å². The minimum absolute atomic E-state index is 0.437. The van der Waals surface area contributed by atoms with Crippen LogP contribution in [0.15, 0.2) is 0 Å². The van der Waals surface area contributed by atoms with Gasteiger partial charge >= 0.3 is 0 Å². The highest BCUT2D eigenvalue weighted by Crippen LogP contribution is 2.50. The summed E-state index contributed by atoms with van der Waals surface area (Å²) in [5.74, 6) is -1.43. The van der Waals surface area contributed by atoms with E-state index in [1.807, 2.05) is 0 Å². The first kappa shape index (κ1) is 16.1. The number of ether oxygens (including phenoxy) is 1. The van der Waals surface area contributed by atoms with Crippen LogP contribution in [0.1, 0.15) is 0 Å². The molecule has 9 heteroatoms. The molecule has 0 aromatic carbocycles. The topological polar surface area (TPSA) is 46.6 Å². The zero-order valence-corrected chi connectivity index (χ0v) is 13.3. The molecule has 1 heterocycles. The van der Waals surface area contributed by atoms with Gasteiger partial charge < -0.3 is 4.74 Å². The molecule has 2 fully saturated rings. The Morgan fingerprint density at radius 1 is 1.00 bits per heavy atom. The molecule has 1 saturated heterocycles.